The van der Waals surface area contributed by atoms with Crippen LogP contribution in [0.25, 0.3) is 0 Å². The van der Waals surface area contributed by atoms with Gasteiger partial charge in [-0.3, -0.25) is 4.79 Å². The van der Waals surface area contributed by atoms with Gasteiger partial charge < -0.3 is 9.64 Å². The molecule has 2 aromatic carbocycles. The standard InChI is InChI=1S/C20H20BrNO2S2/c21-16-4-7-18-15(12-16)8-9-22(18)19(23)13-24-17-5-2-14(3-6-17)20-25-10-1-11-26-20/h2-7,12,20H,1,8-11,13H2. The highest BCUT2D eigenvalue weighted by molar-refractivity contribution is 9.10. The monoisotopic (exact) mass is 449 g/mol. The van der Waals surface area contributed by atoms with Crippen molar-refractivity contribution in [1.82, 2.24) is 0 Å². The van der Waals surface area contributed by atoms with Crippen LogP contribution < -0.4 is 9.64 Å². The van der Waals surface area contributed by atoms with Gasteiger partial charge in [0.1, 0.15) is 5.75 Å². The summed E-state index contributed by atoms with van der Waals surface area (Å²) in [5.74, 6) is 3.23. The summed E-state index contributed by atoms with van der Waals surface area (Å²) in [7, 11) is 0. The fraction of sp³-hybridized carbons (Fsp3) is 0.350. The van der Waals surface area contributed by atoms with Crippen LogP contribution in [0, 0.1) is 0 Å². The summed E-state index contributed by atoms with van der Waals surface area (Å²) in [6.45, 7) is 0.796. The van der Waals surface area contributed by atoms with Gasteiger partial charge in [-0.25, -0.2) is 0 Å². The molecule has 0 unspecified atom stereocenters. The molecule has 0 aromatic heterocycles. The molecule has 0 spiro atoms. The van der Waals surface area contributed by atoms with E-state index in [-0.39, 0.29) is 12.5 Å². The van der Waals surface area contributed by atoms with Crippen LogP contribution >= 0.6 is 39.5 Å². The number of fused-ring (bicyclic) bond motifs is 1. The quantitative estimate of drug-likeness (QED) is 0.634. The Balaban J connectivity index is 1.35. The van der Waals surface area contributed by atoms with E-state index in [0.29, 0.717) is 4.58 Å². The average molecular weight is 450 g/mol. The first-order valence-electron chi connectivity index (χ1n) is 8.75. The molecule has 2 aliphatic heterocycles. The van der Waals surface area contributed by atoms with Crippen molar-refractivity contribution in [2.75, 3.05) is 29.6 Å². The highest BCUT2D eigenvalue weighted by Crippen LogP contribution is 2.43. The van der Waals surface area contributed by atoms with E-state index in [0.717, 1.165) is 28.9 Å². The molecule has 0 saturated carbocycles. The van der Waals surface area contributed by atoms with E-state index >= 15 is 0 Å². The van der Waals surface area contributed by atoms with Crippen molar-refractivity contribution in [2.24, 2.45) is 0 Å². The van der Waals surface area contributed by atoms with E-state index in [1.807, 2.05) is 52.7 Å². The minimum absolute atomic E-state index is 0.00791. The maximum Gasteiger partial charge on any atom is 0.264 e. The molecule has 136 valence electrons. The fourth-order valence-electron chi connectivity index (χ4n) is 3.25. The molecule has 0 N–H and O–H groups in total. The van der Waals surface area contributed by atoms with Crippen LogP contribution in [0.3, 0.4) is 0 Å². The van der Waals surface area contributed by atoms with E-state index in [1.54, 1.807) is 0 Å². The Kier molecular flexibility index (Phi) is 5.81. The van der Waals surface area contributed by atoms with E-state index in [4.69, 9.17) is 4.74 Å². The van der Waals surface area contributed by atoms with Crippen LogP contribution in [0.4, 0.5) is 5.69 Å². The van der Waals surface area contributed by atoms with Crippen molar-refractivity contribution in [1.29, 1.82) is 0 Å². The van der Waals surface area contributed by atoms with Crippen LogP contribution in [0.5, 0.6) is 5.75 Å². The zero-order valence-corrected chi connectivity index (χ0v) is 17.5. The molecule has 0 aliphatic carbocycles. The van der Waals surface area contributed by atoms with Gasteiger partial charge in [0.25, 0.3) is 5.91 Å². The normalized spacial score (nSPS) is 17.2. The van der Waals surface area contributed by atoms with Gasteiger partial charge in [0, 0.05) is 16.7 Å². The van der Waals surface area contributed by atoms with E-state index in [1.165, 1.54) is 29.1 Å². The first-order chi connectivity index (χ1) is 12.7. The molecular formula is C20H20BrNO2S2. The zero-order chi connectivity index (χ0) is 17.9. The van der Waals surface area contributed by atoms with Crippen LogP contribution in [0.1, 0.15) is 22.1 Å². The maximum absolute atomic E-state index is 12.6. The SMILES string of the molecule is O=C(COc1ccc(C2SCCCS2)cc1)N1CCc2cc(Br)ccc21. The number of carbonyl (C=O) groups is 1. The number of hydrogen-bond acceptors (Lipinski definition) is 4. The molecule has 6 heteroatoms. The second kappa shape index (κ2) is 8.28. The molecular weight excluding hydrogens is 430 g/mol. The molecule has 26 heavy (non-hydrogen) atoms. The van der Waals surface area contributed by atoms with Crippen molar-refractivity contribution in [3.8, 4) is 5.75 Å². The highest BCUT2D eigenvalue weighted by atomic mass is 79.9. The Morgan fingerprint density at radius 1 is 1.15 bits per heavy atom. The van der Waals surface area contributed by atoms with Gasteiger partial charge in [-0.2, -0.15) is 0 Å². The summed E-state index contributed by atoms with van der Waals surface area (Å²) in [4.78, 5) is 14.4. The number of ether oxygens (including phenoxy) is 1. The summed E-state index contributed by atoms with van der Waals surface area (Å²) in [6.07, 6.45) is 2.19. The molecule has 1 amide bonds. The predicted octanol–water partition coefficient (Wildman–Crippen LogP) is 5.29. The minimum atomic E-state index is 0.00791. The molecule has 2 aliphatic rings. The molecule has 0 bridgehead atoms. The number of anilines is 1. The van der Waals surface area contributed by atoms with Crippen LogP contribution in [0.2, 0.25) is 0 Å². The number of halogens is 1. The van der Waals surface area contributed by atoms with Crippen LogP contribution in [-0.4, -0.2) is 30.6 Å². The number of rotatable bonds is 4. The molecule has 2 heterocycles. The highest BCUT2D eigenvalue weighted by Gasteiger charge is 2.25. The van der Waals surface area contributed by atoms with Crippen LogP contribution in [-0.2, 0) is 11.2 Å². The fourth-order valence-corrected chi connectivity index (χ4v) is 6.56. The van der Waals surface area contributed by atoms with Gasteiger partial charge in [-0.05, 0) is 65.8 Å². The van der Waals surface area contributed by atoms with E-state index in [2.05, 4.69) is 34.1 Å². The van der Waals surface area contributed by atoms with Gasteiger partial charge in [0.15, 0.2) is 6.61 Å². The zero-order valence-electron chi connectivity index (χ0n) is 14.3. The summed E-state index contributed by atoms with van der Waals surface area (Å²) in [5, 5.41) is 0. The molecule has 3 nitrogen and oxygen atoms in total. The third-order valence-electron chi connectivity index (χ3n) is 4.58. The molecule has 4 rings (SSSR count). The lowest BCUT2D eigenvalue weighted by molar-refractivity contribution is -0.120. The van der Waals surface area contributed by atoms with E-state index < -0.39 is 0 Å². The first kappa shape index (κ1) is 18.3. The molecule has 2 aromatic rings. The Hall–Kier alpha value is -1.11. The van der Waals surface area contributed by atoms with Gasteiger partial charge in [-0.1, -0.05) is 28.1 Å². The third kappa shape index (κ3) is 4.07. The molecule has 0 atom stereocenters. The summed E-state index contributed by atoms with van der Waals surface area (Å²) >= 11 is 7.51. The second-order valence-electron chi connectivity index (χ2n) is 6.35. The molecule has 1 saturated heterocycles. The topological polar surface area (TPSA) is 29.5 Å². The minimum Gasteiger partial charge on any atom is -0.484 e. The third-order valence-corrected chi connectivity index (χ3v) is 8.09. The summed E-state index contributed by atoms with van der Waals surface area (Å²) in [6, 6.07) is 14.3. The van der Waals surface area contributed by atoms with Gasteiger partial charge >= 0.3 is 0 Å². The first-order valence-corrected chi connectivity index (χ1v) is 11.6. The van der Waals surface area contributed by atoms with Gasteiger partial charge in [0.2, 0.25) is 0 Å². The Labute approximate surface area is 171 Å². The number of thioether (sulfide) groups is 2. The number of amides is 1. The smallest absolute Gasteiger partial charge is 0.264 e. The molecule has 0 radical (unpaired) electrons. The van der Waals surface area contributed by atoms with Gasteiger partial charge in [0.05, 0.1) is 4.58 Å². The van der Waals surface area contributed by atoms with Crippen molar-refractivity contribution in [2.45, 2.75) is 17.4 Å². The summed E-state index contributed by atoms with van der Waals surface area (Å²) in [5.41, 5.74) is 3.54. The number of benzene rings is 2. The molecule has 1 fully saturated rings. The lowest BCUT2D eigenvalue weighted by Gasteiger charge is -2.21. The Morgan fingerprint density at radius 2 is 1.92 bits per heavy atom. The van der Waals surface area contributed by atoms with E-state index in [9.17, 15) is 4.79 Å². The van der Waals surface area contributed by atoms with Crippen molar-refractivity contribution >= 4 is 51.0 Å². The average Bonchev–Trinajstić information content (AvgIpc) is 3.10. The number of hydrogen-bond donors (Lipinski definition) is 0. The van der Waals surface area contributed by atoms with Crippen molar-refractivity contribution in [3.05, 3.63) is 58.1 Å². The number of carbonyl (C=O) groups excluding carboxylic acids is 1. The van der Waals surface area contributed by atoms with Crippen LogP contribution in [0.15, 0.2) is 46.9 Å². The predicted molar refractivity (Wildman–Crippen MR) is 114 cm³/mol. The Morgan fingerprint density at radius 3 is 2.69 bits per heavy atom. The Bertz CT molecular complexity index is 791. The van der Waals surface area contributed by atoms with Crippen molar-refractivity contribution in [3.63, 3.8) is 0 Å². The largest absolute Gasteiger partial charge is 0.484 e. The maximum atomic E-state index is 12.6. The van der Waals surface area contributed by atoms with Gasteiger partial charge in [-0.15, -0.1) is 23.5 Å². The second-order valence-corrected chi connectivity index (χ2v) is 9.99. The lowest BCUT2D eigenvalue weighted by Crippen LogP contribution is -2.33. The number of nitrogens with zero attached hydrogens (tertiary/aromatic N) is 1. The summed E-state index contributed by atoms with van der Waals surface area (Å²) < 4.78 is 7.33. The lowest BCUT2D eigenvalue weighted by atomic mass is 10.2. The van der Waals surface area contributed by atoms with Crippen molar-refractivity contribution < 1.29 is 9.53 Å².